The Morgan fingerprint density at radius 1 is 1.07 bits per heavy atom. The fourth-order valence-corrected chi connectivity index (χ4v) is 3.26. The van der Waals surface area contributed by atoms with E-state index >= 15 is 0 Å². The molecule has 2 amide bonds. The van der Waals surface area contributed by atoms with E-state index in [1.54, 1.807) is 0 Å². The van der Waals surface area contributed by atoms with Crippen molar-refractivity contribution in [3.05, 3.63) is 48.0 Å². The third-order valence-corrected chi connectivity index (χ3v) is 5.04. The Hall–Kier alpha value is -2.93. The molecule has 1 aliphatic heterocycles. The van der Waals surface area contributed by atoms with Gasteiger partial charge in [0.05, 0.1) is 0 Å². The van der Waals surface area contributed by atoms with Crippen molar-refractivity contribution >= 4 is 28.6 Å². The van der Waals surface area contributed by atoms with E-state index in [-0.39, 0.29) is 5.91 Å². The quantitative estimate of drug-likeness (QED) is 0.478. The molecule has 154 valence electrons. The zero-order valence-electron chi connectivity index (χ0n) is 16.6. The molecule has 3 rings (SSSR count). The van der Waals surface area contributed by atoms with E-state index in [0.717, 1.165) is 22.8 Å². The van der Waals surface area contributed by atoms with E-state index in [9.17, 15) is 14.4 Å². The number of carbonyl (C=O) groups excluding carboxylic acids is 2. The molecule has 0 spiro atoms. The molecule has 1 heterocycles. The first kappa shape index (κ1) is 20.8. The first-order valence-corrected chi connectivity index (χ1v) is 9.90. The van der Waals surface area contributed by atoms with E-state index in [4.69, 9.17) is 5.11 Å². The van der Waals surface area contributed by atoms with Crippen molar-refractivity contribution in [1.29, 1.82) is 0 Å². The van der Waals surface area contributed by atoms with Gasteiger partial charge in [-0.05, 0) is 28.7 Å². The van der Waals surface area contributed by atoms with Gasteiger partial charge in [-0.15, -0.1) is 0 Å². The van der Waals surface area contributed by atoms with Crippen LogP contribution in [0.4, 0.5) is 0 Å². The van der Waals surface area contributed by atoms with Crippen LogP contribution < -0.4 is 16.0 Å². The lowest BCUT2D eigenvalue weighted by molar-refractivity contribution is -0.137. The number of carboxylic acids is 1. The Labute approximate surface area is 169 Å². The van der Waals surface area contributed by atoms with E-state index in [0.29, 0.717) is 18.9 Å². The maximum Gasteiger partial charge on any atom is 0.322 e. The fourth-order valence-electron chi connectivity index (χ4n) is 3.26. The summed E-state index contributed by atoms with van der Waals surface area (Å²) in [4.78, 5) is 36.1. The normalized spacial score (nSPS) is 19.0. The zero-order chi connectivity index (χ0) is 21.0. The second kappa shape index (κ2) is 9.05. The molecule has 1 fully saturated rings. The molecular formula is C22H27N3O4. The van der Waals surface area contributed by atoms with Gasteiger partial charge in [0, 0.05) is 13.0 Å². The van der Waals surface area contributed by atoms with Gasteiger partial charge < -0.3 is 15.7 Å². The molecule has 0 bridgehead atoms. The van der Waals surface area contributed by atoms with Crippen molar-refractivity contribution in [3.8, 4) is 0 Å². The Morgan fingerprint density at radius 2 is 1.79 bits per heavy atom. The van der Waals surface area contributed by atoms with E-state index in [2.05, 4.69) is 29.8 Å². The molecule has 2 aromatic carbocycles. The van der Waals surface area contributed by atoms with Crippen molar-refractivity contribution in [3.63, 3.8) is 0 Å². The van der Waals surface area contributed by atoms with Crippen LogP contribution in [-0.4, -0.2) is 47.6 Å². The second-order valence-corrected chi connectivity index (χ2v) is 7.88. The Kier molecular flexibility index (Phi) is 6.49. The SMILES string of the molecule is CC(C)CCNC(=O)[C@H](Cc1ccc2ccccc2c1)NC(=O)[C@H]1N[C@@H]1C(=O)O. The smallest absolute Gasteiger partial charge is 0.322 e. The van der Waals surface area contributed by atoms with Crippen molar-refractivity contribution in [2.24, 2.45) is 5.92 Å². The number of benzene rings is 2. The highest BCUT2D eigenvalue weighted by Crippen LogP contribution is 2.17. The van der Waals surface area contributed by atoms with Gasteiger partial charge in [0.1, 0.15) is 18.1 Å². The third-order valence-electron chi connectivity index (χ3n) is 5.04. The molecule has 29 heavy (non-hydrogen) atoms. The summed E-state index contributed by atoms with van der Waals surface area (Å²) >= 11 is 0. The highest BCUT2D eigenvalue weighted by atomic mass is 16.4. The number of carboxylic acid groups (broad SMARTS) is 1. The molecule has 2 aromatic rings. The van der Waals surface area contributed by atoms with E-state index in [1.807, 2.05) is 42.5 Å². The summed E-state index contributed by atoms with van der Waals surface area (Å²) in [6, 6.07) is 11.4. The zero-order valence-corrected chi connectivity index (χ0v) is 16.6. The van der Waals surface area contributed by atoms with Gasteiger partial charge in [0.15, 0.2) is 0 Å². The summed E-state index contributed by atoms with van der Waals surface area (Å²) in [5.41, 5.74) is 0.923. The number of aliphatic carboxylic acids is 1. The third kappa shape index (κ3) is 5.54. The van der Waals surface area contributed by atoms with Crippen LogP contribution in [0.1, 0.15) is 25.8 Å². The fraction of sp³-hybridized carbons (Fsp3) is 0.409. The minimum atomic E-state index is -1.07. The van der Waals surface area contributed by atoms with Gasteiger partial charge in [-0.25, -0.2) is 0 Å². The molecule has 7 nitrogen and oxygen atoms in total. The summed E-state index contributed by atoms with van der Waals surface area (Å²) in [7, 11) is 0. The molecule has 0 radical (unpaired) electrons. The average Bonchev–Trinajstić information content (AvgIpc) is 3.48. The van der Waals surface area contributed by atoms with Gasteiger partial charge >= 0.3 is 5.97 Å². The minimum Gasteiger partial charge on any atom is -0.480 e. The Morgan fingerprint density at radius 3 is 2.45 bits per heavy atom. The summed E-state index contributed by atoms with van der Waals surface area (Å²) in [5, 5.41) is 19.4. The van der Waals surface area contributed by atoms with Crippen LogP contribution in [0.15, 0.2) is 42.5 Å². The number of nitrogens with one attached hydrogen (secondary N) is 3. The summed E-state index contributed by atoms with van der Waals surface area (Å²) in [6.07, 6.45) is 1.17. The van der Waals surface area contributed by atoms with Gasteiger partial charge in [-0.2, -0.15) is 0 Å². The summed E-state index contributed by atoms with van der Waals surface area (Å²) < 4.78 is 0. The van der Waals surface area contributed by atoms with Crippen LogP contribution in [0.5, 0.6) is 0 Å². The van der Waals surface area contributed by atoms with Gasteiger partial charge in [0.2, 0.25) is 11.8 Å². The number of hydrogen-bond acceptors (Lipinski definition) is 4. The van der Waals surface area contributed by atoms with Crippen LogP contribution >= 0.6 is 0 Å². The van der Waals surface area contributed by atoms with Crippen LogP contribution in [0.3, 0.4) is 0 Å². The lowest BCUT2D eigenvalue weighted by atomic mass is 10.0. The largest absolute Gasteiger partial charge is 0.480 e. The predicted molar refractivity (Wildman–Crippen MR) is 110 cm³/mol. The highest BCUT2D eigenvalue weighted by molar-refractivity contribution is 5.97. The van der Waals surface area contributed by atoms with Crippen molar-refractivity contribution in [2.75, 3.05) is 6.54 Å². The first-order valence-electron chi connectivity index (χ1n) is 9.90. The lowest BCUT2D eigenvalue weighted by Gasteiger charge is -2.19. The number of carbonyl (C=O) groups is 3. The van der Waals surface area contributed by atoms with Gasteiger partial charge in [-0.1, -0.05) is 56.3 Å². The molecule has 3 atom stereocenters. The number of hydrogen-bond donors (Lipinski definition) is 4. The Bertz CT molecular complexity index is 912. The highest BCUT2D eigenvalue weighted by Gasteiger charge is 2.48. The molecule has 1 aliphatic rings. The predicted octanol–water partition coefficient (Wildman–Crippen LogP) is 1.45. The topological polar surface area (TPSA) is 117 Å². The minimum absolute atomic E-state index is 0.264. The van der Waals surface area contributed by atoms with Crippen molar-refractivity contribution in [2.45, 2.75) is 44.8 Å². The van der Waals surface area contributed by atoms with Gasteiger partial charge in [-0.3, -0.25) is 19.7 Å². The van der Waals surface area contributed by atoms with Crippen LogP contribution in [0, 0.1) is 5.92 Å². The first-order chi connectivity index (χ1) is 13.8. The average molecular weight is 397 g/mol. The second-order valence-electron chi connectivity index (χ2n) is 7.88. The maximum atomic E-state index is 12.7. The lowest BCUT2D eigenvalue weighted by Crippen LogP contribution is -2.50. The van der Waals surface area contributed by atoms with Crippen molar-refractivity contribution < 1.29 is 19.5 Å². The number of rotatable bonds is 9. The number of fused-ring (bicyclic) bond motifs is 1. The standard InChI is InChI=1S/C22H27N3O4/c1-13(2)9-10-23-20(26)17(24-21(27)18-19(25-18)22(28)29)12-14-7-8-15-5-3-4-6-16(15)11-14/h3-8,11,13,17-19,25H,9-10,12H2,1-2H3,(H,23,26)(H,24,27)(H,28,29)/t17-,18-,19-/m0/s1. The van der Waals surface area contributed by atoms with E-state index < -0.39 is 30.0 Å². The molecule has 0 unspecified atom stereocenters. The molecule has 0 aromatic heterocycles. The molecule has 1 saturated heterocycles. The summed E-state index contributed by atoms with van der Waals surface area (Å²) in [6.45, 7) is 4.68. The molecule has 0 aliphatic carbocycles. The Balaban J connectivity index is 1.71. The molecule has 0 saturated carbocycles. The van der Waals surface area contributed by atoms with E-state index in [1.165, 1.54) is 0 Å². The summed E-state index contributed by atoms with van der Waals surface area (Å²) in [5.74, 6) is -1.35. The van der Waals surface area contributed by atoms with Gasteiger partial charge in [0.25, 0.3) is 0 Å². The van der Waals surface area contributed by atoms with Crippen molar-refractivity contribution in [1.82, 2.24) is 16.0 Å². The van der Waals surface area contributed by atoms with Crippen LogP contribution in [-0.2, 0) is 20.8 Å². The number of amides is 2. The maximum absolute atomic E-state index is 12.7. The molecule has 4 N–H and O–H groups in total. The monoisotopic (exact) mass is 397 g/mol. The molecule has 7 heteroatoms. The van der Waals surface area contributed by atoms with Crippen LogP contribution in [0.2, 0.25) is 0 Å². The molecular weight excluding hydrogens is 370 g/mol. The van der Waals surface area contributed by atoms with Crippen LogP contribution in [0.25, 0.3) is 10.8 Å².